The number of rotatable bonds is 3. The van der Waals surface area contributed by atoms with Gasteiger partial charge in [0.25, 0.3) is 0 Å². The second-order valence-electron chi connectivity index (χ2n) is 5.42. The van der Waals surface area contributed by atoms with Crippen LogP contribution in [0.1, 0.15) is 25.3 Å². The van der Waals surface area contributed by atoms with E-state index in [0.29, 0.717) is 19.4 Å². The van der Waals surface area contributed by atoms with Crippen LogP contribution in [0.4, 0.5) is 0 Å². The molecule has 1 aromatic rings. The lowest BCUT2D eigenvalue weighted by Crippen LogP contribution is -2.48. The van der Waals surface area contributed by atoms with E-state index in [4.69, 9.17) is 5.26 Å². The minimum Gasteiger partial charge on any atom is -0.389 e. The van der Waals surface area contributed by atoms with Crippen molar-refractivity contribution in [1.29, 1.82) is 5.26 Å². The van der Waals surface area contributed by atoms with E-state index < -0.39 is 15.6 Å². The van der Waals surface area contributed by atoms with Gasteiger partial charge in [-0.2, -0.15) is 9.57 Å². The van der Waals surface area contributed by atoms with Gasteiger partial charge in [0.2, 0.25) is 10.0 Å². The summed E-state index contributed by atoms with van der Waals surface area (Å²) in [4.78, 5) is 0.205. The molecule has 1 aliphatic rings. The Morgan fingerprint density at radius 3 is 2.60 bits per heavy atom. The lowest BCUT2D eigenvalue weighted by atomic mass is 9.97. The predicted molar refractivity (Wildman–Crippen MR) is 74.4 cm³/mol. The van der Waals surface area contributed by atoms with E-state index >= 15 is 0 Å². The van der Waals surface area contributed by atoms with Crippen LogP contribution in [-0.2, 0) is 16.4 Å². The number of piperidine rings is 1. The lowest BCUT2D eigenvalue weighted by molar-refractivity contribution is 0.00940. The average Bonchev–Trinajstić information content (AvgIpc) is 2.38. The predicted octanol–water partition coefficient (Wildman–Crippen LogP) is 1.29. The number of hydrogen-bond acceptors (Lipinski definition) is 4. The molecule has 0 saturated carbocycles. The van der Waals surface area contributed by atoms with Gasteiger partial charge < -0.3 is 5.11 Å². The van der Waals surface area contributed by atoms with Gasteiger partial charge in [-0.25, -0.2) is 8.42 Å². The zero-order valence-electron chi connectivity index (χ0n) is 11.4. The van der Waals surface area contributed by atoms with Crippen molar-refractivity contribution >= 4 is 10.0 Å². The molecule has 1 heterocycles. The minimum absolute atomic E-state index is 0.120. The van der Waals surface area contributed by atoms with Crippen molar-refractivity contribution in [2.45, 2.75) is 36.7 Å². The van der Waals surface area contributed by atoms with E-state index in [1.165, 1.54) is 16.4 Å². The van der Waals surface area contributed by atoms with Crippen LogP contribution < -0.4 is 0 Å². The number of β-amino-alcohol motifs (C(OH)–C–C–N with tert-alkyl or cyclic N) is 1. The van der Waals surface area contributed by atoms with Crippen LogP contribution in [0.3, 0.4) is 0 Å². The minimum atomic E-state index is -3.57. The van der Waals surface area contributed by atoms with Crippen LogP contribution in [0.2, 0.25) is 0 Å². The highest BCUT2D eigenvalue weighted by Gasteiger charge is 2.35. The number of sulfonamides is 1. The fourth-order valence-corrected chi connectivity index (χ4v) is 3.99. The Labute approximate surface area is 119 Å². The molecule has 5 nitrogen and oxygen atoms in total. The fourth-order valence-electron chi connectivity index (χ4n) is 2.40. The zero-order chi connectivity index (χ0) is 14.8. The smallest absolute Gasteiger partial charge is 0.243 e. The number of aliphatic hydroxyl groups is 1. The molecule has 1 aromatic carbocycles. The fraction of sp³-hybridized carbons (Fsp3) is 0.500. The first-order valence-electron chi connectivity index (χ1n) is 6.54. The van der Waals surface area contributed by atoms with Crippen molar-refractivity contribution in [1.82, 2.24) is 4.31 Å². The quantitative estimate of drug-likeness (QED) is 0.910. The van der Waals surface area contributed by atoms with E-state index in [1.807, 2.05) is 6.07 Å². The van der Waals surface area contributed by atoms with E-state index in [-0.39, 0.29) is 17.9 Å². The van der Waals surface area contributed by atoms with Crippen molar-refractivity contribution in [3.63, 3.8) is 0 Å². The number of nitrogens with zero attached hydrogens (tertiary/aromatic N) is 2. The molecule has 0 bridgehead atoms. The second-order valence-corrected chi connectivity index (χ2v) is 7.36. The Morgan fingerprint density at radius 2 is 2.05 bits per heavy atom. The highest BCUT2D eigenvalue weighted by molar-refractivity contribution is 7.89. The summed E-state index contributed by atoms with van der Waals surface area (Å²) in [6.07, 6.45) is 1.53. The maximum absolute atomic E-state index is 12.5. The van der Waals surface area contributed by atoms with E-state index in [9.17, 15) is 13.5 Å². The monoisotopic (exact) mass is 294 g/mol. The normalized spacial score (nSPS) is 24.2. The third-order valence-corrected chi connectivity index (χ3v) is 5.34. The molecule has 0 aliphatic carbocycles. The highest BCUT2D eigenvalue weighted by atomic mass is 32.2. The molecule has 0 amide bonds. The molecule has 20 heavy (non-hydrogen) atoms. The number of nitriles is 1. The summed E-state index contributed by atoms with van der Waals surface area (Å²) in [7, 11) is -3.57. The first kappa shape index (κ1) is 15.0. The van der Waals surface area contributed by atoms with Gasteiger partial charge >= 0.3 is 0 Å². The Hall–Kier alpha value is -1.42. The molecule has 2 rings (SSSR count). The highest BCUT2D eigenvalue weighted by Crippen LogP contribution is 2.26. The third kappa shape index (κ3) is 3.18. The first-order chi connectivity index (χ1) is 9.35. The molecular weight excluding hydrogens is 276 g/mol. The molecule has 1 N–H and O–H groups in total. The van der Waals surface area contributed by atoms with Gasteiger partial charge in [-0.15, -0.1) is 0 Å². The average molecular weight is 294 g/mol. The molecule has 0 aromatic heterocycles. The van der Waals surface area contributed by atoms with Gasteiger partial charge in [0.05, 0.1) is 23.0 Å². The molecule has 6 heteroatoms. The van der Waals surface area contributed by atoms with Crippen LogP contribution in [0.5, 0.6) is 0 Å². The van der Waals surface area contributed by atoms with Gasteiger partial charge in [-0.05, 0) is 37.5 Å². The molecule has 1 unspecified atom stereocenters. The summed E-state index contributed by atoms with van der Waals surface area (Å²) in [6.45, 7) is 2.21. The van der Waals surface area contributed by atoms with Crippen molar-refractivity contribution in [2.75, 3.05) is 13.1 Å². The summed E-state index contributed by atoms with van der Waals surface area (Å²) in [5.74, 6) is 0. The van der Waals surface area contributed by atoms with Gasteiger partial charge in [-0.3, -0.25) is 0 Å². The van der Waals surface area contributed by atoms with Crippen molar-refractivity contribution < 1.29 is 13.5 Å². The van der Waals surface area contributed by atoms with Crippen LogP contribution in [0.15, 0.2) is 29.2 Å². The molecule has 1 aliphatic heterocycles. The summed E-state index contributed by atoms with van der Waals surface area (Å²) in [5.41, 5.74) is -0.177. The van der Waals surface area contributed by atoms with Gasteiger partial charge in [0.1, 0.15) is 0 Å². The number of hydrogen-bond donors (Lipinski definition) is 1. The number of benzene rings is 1. The zero-order valence-corrected chi connectivity index (χ0v) is 12.2. The molecule has 0 radical (unpaired) electrons. The maximum atomic E-state index is 12.5. The van der Waals surface area contributed by atoms with Crippen LogP contribution >= 0.6 is 0 Å². The van der Waals surface area contributed by atoms with Crippen LogP contribution in [0.25, 0.3) is 0 Å². The topological polar surface area (TPSA) is 81.4 Å². The van der Waals surface area contributed by atoms with Crippen LogP contribution in [0, 0.1) is 11.3 Å². The Balaban J connectivity index is 2.24. The summed E-state index contributed by atoms with van der Waals surface area (Å²) >= 11 is 0. The Morgan fingerprint density at radius 1 is 1.40 bits per heavy atom. The molecular formula is C14H18N2O3S. The van der Waals surface area contributed by atoms with E-state index in [1.54, 1.807) is 19.1 Å². The second kappa shape index (κ2) is 5.52. The van der Waals surface area contributed by atoms with Crippen LogP contribution in [-0.4, -0.2) is 36.5 Å². The molecule has 1 saturated heterocycles. The summed E-state index contributed by atoms with van der Waals surface area (Å²) in [6, 6.07) is 8.36. The maximum Gasteiger partial charge on any atom is 0.243 e. The lowest BCUT2D eigenvalue weighted by Gasteiger charge is -2.35. The Kier molecular flexibility index (Phi) is 4.14. The van der Waals surface area contributed by atoms with Gasteiger partial charge in [-0.1, -0.05) is 12.1 Å². The Bertz CT molecular complexity index is 615. The summed E-state index contributed by atoms with van der Waals surface area (Å²) in [5, 5.41) is 18.6. The van der Waals surface area contributed by atoms with Crippen molar-refractivity contribution in [3.05, 3.63) is 29.8 Å². The van der Waals surface area contributed by atoms with Gasteiger partial charge in [0, 0.05) is 13.1 Å². The molecule has 0 spiro atoms. The van der Waals surface area contributed by atoms with E-state index in [2.05, 4.69) is 0 Å². The summed E-state index contributed by atoms with van der Waals surface area (Å²) < 4.78 is 26.3. The first-order valence-corrected chi connectivity index (χ1v) is 7.98. The molecule has 1 fully saturated rings. The van der Waals surface area contributed by atoms with Crippen molar-refractivity contribution in [2.24, 2.45) is 0 Å². The molecule has 1 atom stereocenters. The third-order valence-electron chi connectivity index (χ3n) is 3.48. The van der Waals surface area contributed by atoms with Crippen molar-refractivity contribution in [3.8, 4) is 6.07 Å². The van der Waals surface area contributed by atoms with E-state index in [0.717, 1.165) is 5.56 Å². The standard InChI is InChI=1S/C14H18N2O3S/c1-14(17)8-2-10-16(11-14)20(18,19)13-5-3-12(4-6-13)7-9-15/h3-6,17H,2,7-8,10-11H2,1H3. The largest absolute Gasteiger partial charge is 0.389 e. The van der Waals surface area contributed by atoms with Gasteiger partial charge in [0.15, 0.2) is 0 Å². The molecule has 108 valence electrons. The SMILES string of the molecule is CC1(O)CCCN(S(=O)(=O)c2ccc(CC#N)cc2)C1.